The van der Waals surface area contributed by atoms with E-state index in [0.29, 0.717) is 12.8 Å². The molecule has 1 saturated heterocycles. The summed E-state index contributed by atoms with van der Waals surface area (Å²) in [5.41, 5.74) is 1.35. The Hall–Kier alpha value is -2.35. The third kappa shape index (κ3) is 14.6. The van der Waals surface area contributed by atoms with E-state index in [4.69, 9.17) is 4.74 Å². The summed E-state index contributed by atoms with van der Waals surface area (Å²) in [6.07, 6.45) is 7.42. The van der Waals surface area contributed by atoms with E-state index in [-0.39, 0.29) is 38.6 Å². The van der Waals surface area contributed by atoms with E-state index in [1.165, 1.54) is 15.9 Å². The Morgan fingerprint density at radius 1 is 1.00 bits per heavy atom. The van der Waals surface area contributed by atoms with Crippen LogP contribution in [0.1, 0.15) is 77.2 Å². The maximum absolute atomic E-state index is 13.3. The number of morpholine rings is 1. The Balaban J connectivity index is 1.88. The van der Waals surface area contributed by atoms with Crippen LogP contribution >= 0.6 is 0 Å². The minimum Gasteiger partial charge on any atom is -0.390 e. The number of aryl methyl sites for hydroxylation is 1. The Morgan fingerprint density at radius 3 is 2.27 bits per heavy atom. The number of rotatable bonds is 22. The first-order chi connectivity index (χ1) is 21.0. The van der Waals surface area contributed by atoms with E-state index in [9.17, 15) is 28.2 Å². The van der Waals surface area contributed by atoms with Gasteiger partial charge in [-0.05, 0) is 43.6 Å². The fourth-order valence-electron chi connectivity index (χ4n) is 5.23. The lowest BCUT2D eigenvalue weighted by atomic mass is 9.93. The first-order valence-electron chi connectivity index (χ1n) is 16.0. The number of carbonyl (C=O) groups is 2. The Kier molecular flexibility index (Phi) is 17.7. The molecule has 250 valence electrons. The van der Waals surface area contributed by atoms with Crippen LogP contribution in [0.15, 0.2) is 43.0 Å². The molecule has 5 N–H and O–H groups in total. The minimum absolute atomic E-state index is 0.105. The summed E-state index contributed by atoms with van der Waals surface area (Å²) in [5, 5.41) is 27.0. The van der Waals surface area contributed by atoms with Gasteiger partial charge in [-0.1, -0.05) is 82.4 Å². The van der Waals surface area contributed by atoms with Gasteiger partial charge in [-0.3, -0.25) is 9.59 Å². The molecule has 0 unspecified atom stereocenters. The minimum atomic E-state index is -3.87. The van der Waals surface area contributed by atoms with Crippen LogP contribution in [-0.4, -0.2) is 91.9 Å². The van der Waals surface area contributed by atoms with Crippen molar-refractivity contribution in [3.63, 3.8) is 0 Å². The summed E-state index contributed by atoms with van der Waals surface area (Å²) in [7, 11) is -3.87. The van der Waals surface area contributed by atoms with Crippen molar-refractivity contribution in [1.29, 1.82) is 0 Å². The number of aliphatic hydroxyl groups is 2. The van der Waals surface area contributed by atoms with Crippen molar-refractivity contribution >= 4 is 22.0 Å². The lowest BCUT2D eigenvalue weighted by molar-refractivity contribution is -0.130. The van der Waals surface area contributed by atoms with Gasteiger partial charge in [0.25, 0.3) is 10.2 Å². The number of amides is 2. The number of hydrogen-bond donors (Lipinski definition) is 5. The van der Waals surface area contributed by atoms with E-state index >= 15 is 0 Å². The number of aliphatic hydroxyl groups excluding tert-OH is 2. The third-order valence-electron chi connectivity index (χ3n) is 7.70. The Morgan fingerprint density at radius 2 is 1.64 bits per heavy atom. The smallest absolute Gasteiger partial charge is 0.280 e. The summed E-state index contributed by atoms with van der Waals surface area (Å²) in [4.78, 5) is 25.9. The number of ether oxygens (including phenoxy) is 1. The molecule has 0 aliphatic carbocycles. The molecule has 0 spiro atoms. The van der Waals surface area contributed by atoms with Crippen molar-refractivity contribution in [1.82, 2.24) is 19.7 Å². The predicted molar refractivity (Wildman–Crippen MR) is 172 cm³/mol. The predicted octanol–water partition coefficient (Wildman–Crippen LogP) is 2.44. The quantitative estimate of drug-likeness (QED) is 0.0965. The van der Waals surface area contributed by atoms with E-state index in [1.54, 1.807) is 0 Å². The summed E-state index contributed by atoms with van der Waals surface area (Å²) in [6, 6.07) is 8.70. The number of hydrogen-bond acceptors (Lipinski definition) is 7. The molecule has 11 nitrogen and oxygen atoms in total. The van der Waals surface area contributed by atoms with Gasteiger partial charge < -0.3 is 25.6 Å². The van der Waals surface area contributed by atoms with Crippen molar-refractivity contribution in [2.24, 2.45) is 5.92 Å². The van der Waals surface area contributed by atoms with Crippen molar-refractivity contribution < 1.29 is 33.0 Å². The van der Waals surface area contributed by atoms with E-state index in [0.717, 1.165) is 44.9 Å². The maximum Gasteiger partial charge on any atom is 0.280 e. The lowest BCUT2D eigenvalue weighted by Gasteiger charge is -2.30. The number of nitrogens with one attached hydrogen (secondary N) is 3. The molecule has 0 saturated carbocycles. The molecule has 2 amide bonds. The summed E-state index contributed by atoms with van der Waals surface area (Å²) in [5.74, 6) is -1.05. The molecule has 2 rings (SSSR count). The second kappa shape index (κ2) is 20.6. The van der Waals surface area contributed by atoms with Crippen LogP contribution < -0.4 is 15.4 Å². The summed E-state index contributed by atoms with van der Waals surface area (Å²) in [6.45, 7) is 7.98. The van der Waals surface area contributed by atoms with E-state index in [1.807, 2.05) is 19.9 Å². The topological polar surface area (TPSA) is 157 Å². The zero-order chi connectivity index (χ0) is 32.4. The fourth-order valence-corrected chi connectivity index (χ4v) is 6.35. The van der Waals surface area contributed by atoms with Gasteiger partial charge in [-0.2, -0.15) is 17.4 Å². The normalized spacial score (nSPS) is 17.0. The molecule has 4 atom stereocenters. The molecule has 0 radical (unpaired) electrons. The average Bonchev–Trinajstić information content (AvgIpc) is 3.00. The van der Waals surface area contributed by atoms with Crippen LogP contribution in [0.25, 0.3) is 0 Å². The summed E-state index contributed by atoms with van der Waals surface area (Å²) < 4.78 is 33.6. The monoisotopic (exact) mass is 638 g/mol. The molecule has 1 fully saturated rings. The molecule has 0 bridgehead atoms. The second-order valence-corrected chi connectivity index (χ2v) is 13.7. The van der Waals surface area contributed by atoms with Crippen LogP contribution in [0.2, 0.25) is 0 Å². The van der Waals surface area contributed by atoms with Crippen molar-refractivity contribution in [2.45, 2.75) is 102 Å². The number of unbranched alkanes of at least 4 members (excludes halogenated alkanes) is 5. The number of nitrogens with zero attached hydrogens (tertiary/aromatic N) is 1. The van der Waals surface area contributed by atoms with Crippen molar-refractivity contribution in [2.75, 3.05) is 32.8 Å². The highest BCUT2D eigenvalue weighted by atomic mass is 32.2. The van der Waals surface area contributed by atoms with Gasteiger partial charge >= 0.3 is 0 Å². The van der Waals surface area contributed by atoms with E-state index in [2.05, 4.69) is 46.2 Å². The zero-order valence-corrected chi connectivity index (χ0v) is 27.3. The van der Waals surface area contributed by atoms with Crippen LogP contribution in [0.3, 0.4) is 0 Å². The van der Waals surface area contributed by atoms with Gasteiger partial charge in [-0.15, -0.1) is 6.58 Å². The van der Waals surface area contributed by atoms with Crippen molar-refractivity contribution in [3.05, 3.63) is 48.6 Å². The fraction of sp³-hybridized carbons (Fsp3) is 0.688. The highest BCUT2D eigenvalue weighted by Gasteiger charge is 2.31. The Labute approximate surface area is 264 Å². The zero-order valence-electron chi connectivity index (χ0n) is 26.5. The molecule has 12 heteroatoms. The third-order valence-corrected chi connectivity index (χ3v) is 9.25. The molecule has 1 aromatic carbocycles. The van der Waals surface area contributed by atoms with Crippen LogP contribution in [0, 0.1) is 5.92 Å². The highest BCUT2D eigenvalue weighted by Crippen LogP contribution is 2.17. The van der Waals surface area contributed by atoms with E-state index < -0.39 is 52.9 Å². The van der Waals surface area contributed by atoms with Gasteiger partial charge in [0, 0.05) is 13.1 Å². The largest absolute Gasteiger partial charge is 0.390 e. The molecule has 1 aromatic rings. The molecule has 1 heterocycles. The van der Waals surface area contributed by atoms with Gasteiger partial charge in [0.15, 0.2) is 0 Å². The molecule has 0 aromatic heterocycles. The van der Waals surface area contributed by atoms with Gasteiger partial charge in [-0.25, -0.2) is 0 Å². The molecule has 44 heavy (non-hydrogen) atoms. The highest BCUT2D eigenvalue weighted by molar-refractivity contribution is 7.87. The Bertz CT molecular complexity index is 1080. The average molecular weight is 639 g/mol. The molecule has 1 aliphatic rings. The molecular formula is C32H54N4O7S. The van der Waals surface area contributed by atoms with Crippen LogP contribution in [0.4, 0.5) is 0 Å². The second-order valence-electron chi connectivity index (χ2n) is 11.9. The maximum atomic E-state index is 13.3. The van der Waals surface area contributed by atoms with Crippen LogP contribution in [0.5, 0.6) is 0 Å². The first kappa shape index (κ1) is 37.8. The molecule has 1 aliphatic heterocycles. The van der Waals surface area contributed by atoms with Gasteiger partial charge in [0.05, 0.1) is 38.0 Å². The number of benzene rings is 1. The standard InChI is InChI=1S/C32H54N4O7S/c1-4-14-28(34-30(38)24-33-44(41,42)36-19-21-43-22-20-36)32(40)35-27(31(39)29(37)23-25(2)3)18-13-8-6-5-7-10-15-26-16-11-9-12-17-26/h4,9,11-12,16-17,25,27-29,31,33,37,39H,1,5-8,10,13-15,18-24H2,2-3H3,(H,34,38)(H,35,40)/t27-,28-,29-,31+/m0/s1. The summed E-state index contributed by atoms with van der Waals surface area (Å²) >= 11 is 0. The molecular weight excluding hydrogens is 584 g/mol. The van der Waals surface area contributed by atoms with Gasteiger partial charge in [0.2, 0.25) is 11.8 Å². The number of carbonyl (C=O) groups excluding carboxylic acids is 2. The van der Waals surface area contributed by atoms with Gasteiger partial charge in [0.1, 0.15) is 6.04 Å². The lowest BCUT2D eigenvalue weighted by Crippen LogP contribution is -2.56. The van der Waals surface area contributed by atoms with Crippen LogP contribution in [-0.2, 0) is 31.0 Å². The SMILES string of the molecule is C=CC[C@H](NC(=O)CNS(=O)(=O)N1CCOCC1)C(=O)N[C@@H](CCCCCCCCc1ccccc1)[C@@H](O)[C@@H](O)CC(C)C. The first-order valence-corrected chi connectivity index (χ1v) is 17.4. The van der Waals surface area contributed by atoms with Crippen molar-refractivity contribution in [3.8, 4) is 0 Å².